The molecule has 0 aliphatic carbocycles. The molecule has 1 aliphatic heterocycles. The van der Waals surface area contributed by atoms with Crippen LogP contribution in [0.15, 0.2) is 91.0 Å². The first-order chi connectivity index (χ1) is 16.1. The van der Waals surface area contributed by atoms with E-state index in [0.29, 0.717) is 11.3 Å². The van der Waals surface area contributed by atoms with E-state index in [9.17, 15) is 14.7 Å². The van der Waals surface area contributed by atoms with E-state index in [1.807, 2.05) is 30.3 Å². The highest BCUT2D eigenvalue weighted by Gasteiger charge is 2.17. The first-order valence-electron chi connectivity index (χ1n) is 11.0. The van der Waals surface area contributed by atoms with Crippen molar-refractivity contribution in [1.82, 2.24) is 4.90 Å². The lowest BCUT2D eigenvalue weighted by atomic mass is 10.1. The van der Waals surface area contributed by atoms with Gasteiger partial charge in [0.1, 0.15) is 0 Å². The minimum absolute atomic E-state index is 0.0434. The van der Waals surface area contributed by atoms with Gasteiger partial charge in [0.15, 0.2) is 0 Å². The van der Waals surface area contributed by atoms with Crippen LogP contribution in [0.1, 0.15) is 11.1 Å². The molecule has 1 amide bonds. The van der Waals surface area contributed by atoms with Gasteiger partial charge in [-0.15, -0.1) is 0 Å². The van der Waals surface area contributed by atoms with Gasteiger partial charge < -0.3 is 15.3 Å². The van der Waals surface area contributed by atoms with E-state index in [0.717, 1.165) is 44.5 Å². The number of carbonyl (C=O) groups is 2. The van der Waals surface area contributed by atoms with E-state index >= 15 is 0 Å². The van der Waals surface area contributed by atoms with Crippen LogP contribution in [0.3, 0.4) is 0 Å². The third-order valence-corrected chi connectivity index (χ3v) is 5.71. The maximum Gasteiger partial charge on any atom is 0.336 e. The Labute approximate surface area is 193 Å². The summed E-state index contributed by atoms with van der Waals surface area (Å²) in [6.45, 7) is 4.85. The molecule has 6 heteroatoms. The number of amides is 1. The zero-order valence-corrected chi connectivity index (χ0v) is 18.4. The molecule has 0 radical (unpaired) electrons. The fourth-order valence-corrected chi connectivity index (χ4v) is 3.96. The van der Waals surface area contributed by atoms with E-state index in [4.69, 9.17) is 0 Å². The van der Waals surface area contributed by atoms with Crippen LogP contribution in [0.2, 0.25) is 0 Å². The summed E-state index contributed by atoms with van der Waals surface area (Å²) >= 11 is 0. The summed E-state index contributed by atoms with van der Waals surface area (Å²) < 4.78 is 0. The van der Waals surface area contributed by atoms with E-state index in [1.165, 1.54) is 5.56 Å². The number of hydrogen-bond acceptors (Lipinski definition) is 4. The standard InChI is InChI=1S/C27H27N3O3/c31-26(19-25(27(32)33)22-9-5-2-6-10-22)28-23-11-13-24(14-12-23)30-17-15-29(16-18-30)20-21-7-3-1-4-8-21/h1-14,19H,15-18,20H2,(H,28,31)(H,32,33). The molecule has 168 valence electrons. The largest absolute Gasteiger partial charge is 0.478 e. The van der Waals surface area contributed by atoms with Crippen molar-refractivity contribution < 1.29 is 14.7 Å². The van der Waals surface area contributed by atoms with Crippen molar-refractivity contribution in [3.05, 3.63) is 102 Å². The van der Waals surface area contributed by atoms with E-state index in [1.54, 1.807) is 30.3 Å². The number of carboxylic acids is 1. The molecular formula is C27H27N3O3. The Morgan fingerprint density at radius 3 is 2.03 bits per heavy atom. The highest BCUT2D eigenvalue weighted by Crippen LogP contribution is 2.21. The number of benzene rings is 3. The number of nitrogens with zero attached hydrogens (tertiary/aromatic N) is 2. The number of aliphatic carboxylic acids is 1. The molecule has 0 unspecified atom stereocenters. The molecule has 0 spiro atoms. The van der Waals surface area contributed by atoms with Crippen molar-refractivity contribution in [3.8, 4) is 0 Å². The lowest BCUT2D eigenvalue weighted by Gasteiger charge is -2.36. The van der Waals surface area contributed by atoms with Gasteiger partial charge in [-0.2, -0.15) is 0 Å². The molecule has 1 fully saturated rings. The summed E-state index contributed by atoms with van der Waals surface area (Å²) in [7, 11) is 0. The van der Waals surface area contributed by atoms with E-state index in [-0.39, 0.29) is 5.57 Å². The summed E-state index contributed by atoms with van der Waals surface area (Å²) in [6.07, 6.45) is 1.12. The molecule has 2 N–H and O–H groups in total. The minimum Gasteiger partial charge on any atom is -0.478 e. The number of hydrogen-bond donors (Lipinski definition) is 2. The topological polar surface area (TPSA) is 72.9 Å². The normalized spacial score (nSPS) is 14.7. The zero-order chi connectivity index (χ0) is 23.0. The number of rotatable bonds is 7. The maximum absolute atomic E-state index is 12.4. The highest BCUT2D eigenvalue weighted by molar-refractivity contribution is 6.21. The average Bonchev–Trinajstić information content (AvgIpc) is 2.85. The second-order valence-corrected chi connectivity index (χ2v) is 8.01. The molecule has 4 rings (SSSR count). The molecule has 1 aliphatic rings. The average molecular weight is 442 g/mol. The smallest absolute Gasteiger partial charge is 0.336 e. The first kappa shape index (κ1) is 22.3. The third-order valence-electron chi connectivity index (χ3n) is 5.71. The SMILES string of the molecule is O=C(C=C(C(=O)O)c1ccccc1)Nc1ccc(N2CCN(Cc3ccccc3)CC2)cc1. The lowest BCUT2D eigenvalue weighted by Crippen LogP contribution is -2.45. The molecule has 6 nitrogen and oxygen atoms in total. The van der Waals surface area contributed by atoms with Gasteiger partial charge in [-0.05, 0) is 35.4 Å². The predicted molar refractivity (Wildman–Crippen MR) is 131 cm³/mol. The first-order valence-corrected chi connectivity index (χ1v) is 11.0. The fourth-order valence-electron chi connectivity index (χ4n) is 3.96. The molecule has 0 saturated carbocycles. The van der Waals surface area contributed by atoms with E-state index in [2.05, 4.69) is 39.4 Å². The van der Waals surface area contributed by atoms with Crippen LogP contribution in [0.5, 0.6) is 0 Å². The summed E-state index contributed by atoms with van der Waals surface area (Å²) in [5.41, 5.74) is 3.51. The molecule has 1 heterocycles. The Morgan fingerprint density at radius 2 is 1.42 bits per heavy atom. The van der Waals surface area contributed by atoms with Crippen LogP contribution in [-0.2, 0) is 16.1 Å². The molecule has 3 aromatic carbocycles. The van der Waals surface area contributed by atoms with Gasteiger partial charge in [0.2, 0.25) is 5.91 Å². The van der Waals surface area contributed by atoms with Crippen molar-refractivity contribution in [2.75, 3.05) is 36.4 Å². The molecule has 0 aromatic heterocycles. The molecule has 0 atom stereocenters. The van der Waals surface area contributed by atoms with Crippen LogP contribution >= 0.6 is 0 Å². The van der Waals surface area contributed by atoms with Gasteiger partial charge in [0.05, 0.1) is 5.57 Å². The van der Waals surface area contributed by atoms with Crippen molar-refractivity contribution in [1.29, 1.82) is 0 Å². The van der Waals surface area contributed by atoms with Crippen LogP contribution in [-0.4, -0.2) is 48.1 Å². The van der Waals surface area contributed by atoms with Crippen LogP contribution < -0.4 is 10.2 Å². The third kappa shape index (κ3) is 6.08. The molecule has 0 bridgehead atoms. The number of nitrogens with one attached hydrogen (secondary N) is 1. The summed E-state index contributed by atoms with van der Waals surface area (Å²) in [4.78, 5) is 28.8. The van der Waals surface area contributed by atoms with E-state index < -0.39 is 11.9 Å². The lowest BCUT2D eigenvalue weighted by molar-refractivity contribution is -0.130. The van der Waals surface area contributed by atoms with Gasteiger partial charge in [0.25, 0.3) is 0 Å². The Bertz CT molecular complexity index is 1100. The van der Waals surface area contributed by atoms with Crippen LogP contribution in [0.25, 0.3) is 5.57 Å². The summed E-state index contributed by atoms with van der Waals surface area (Å²) in [6, 6.07) is 26.8. The van der Waals surface area contributed by atoms with Crippen molar-refractivity contribution in [2.24, 2.45) is 0 Å². The number of carboxylic acid groups (broad SMARTS) is 1. The summed E-state index contributed by atoms with van der Waals surface area (Å²) in [5.74, 6) is -1.61. The Balaban J connectivity index is 1.33. The number of carbonyl (C=O) groups excluding carboxylic acids is 1. The zero-order valence-electron chi connectivity index (χ0n) is 18.4. The quantitative estimate of drug-likeness (QED) is 0.540. The van der Waals surface area contributed by atoms with Gasteiger partial charge in [-0.3, -0.25) is 9.69 Å². The van der Waals surface area contributed by atoms with Crippen LogP contribution in [0, 0.1) is 0 Å². The van der Waals surface area contributed by atoms with Crippen molar-refractivity contribution in [3.63, 3.8) is 0 Å². The monoisotopic (exact) mass is 441 g/mol. The number of piperazine rings is 1. The molecular weight excluding hydrogens is 414 g/mol. The maximum atomic E-state index is 12.4. The summed E-state index contributed by atoms with van der Waals surface area (Å²) in [5, 5.41) is 12.2. The van der Waals surface area contributed by atoms with Gasteiger partial charge in [-0.25, -0.2) is 4.79 Å². The highest BCUT2D eigenvalue weighted by atomic mass is 16.4. The molecule has 33 heavy (non-hydrogen) atoms. The van der Waals surface area contributed by atoms with Crippen molar-refractivity contribution >= 4 is 28.8 Å². The predicted octanol–water partition coefficient (Wildman–Crippen LogP) is 4.12. The second kappa shape index (κ2) is 10.6. The van der Waals surface area contributed by atoms with Crippen molar-refractivity contribution in [2.45, 2.75) is 6.54 Å². The van der Waals surface area contributed by atoms with Gasteiger partial charge in [-0.1, -0.05) is 60.7 Å². The van der Waals surface area contributed by atoms with Gasteiger partial charge in [0, 0.05) is 50.2 Å². The number of anilines is 2. The molecule has 1 saturated heterocycles. The second-order valence-electron chi connectivity index (χ2n) is 8.01. The molecule has 3 aromatic rings. The fraction of sp³-hybridized carbons (Fsp3) is 0.185. The Hall–Kier alpha value is -3.90. The van der Waals surface area contributed by atoms with Gasteiger partial charge >= 0.3 is 5.97 Å². The Kier molecular flexibility index (Phi) is 7.17. The Morgan fingerprint density at radius 1 is 0.818 bits per heavy atom. The minimum atomic E-state index is -1.14. The van der Waals surface area contributed by atoms with Crippen LogP contribution in [0.4, 0.5) is 11.4 Å².